The number of fused-ring (bicyclic) bond motifs is 3. The maximum absolute atomic E-state index is 12.9. The molecule has 0 radical (unpaired) electrons. The molecule has 4 rings (SSSR count). The summed E-state index contributed by atoms with van der Waals surface area (Å²) in [5.74, 6) is -1.81. The standard InChI is InChI=1S/C26H31N3O5/c1-26(11-13-29(2)14-12-26)28-24(32)22(15-23(30)31)27-25(33)34-16-21-19-9-5-3-7-17(19)18-8-4-6-10-20(18)21/h3-10,21-22H,11-16H2,1-2H3,(H,27,33)(H,28,32)(H,30,31). The highest BCUT2D eigenvalue weighted by atomic mass is 16.5. The van der Waals surface area contributed by atoms with Gasteiger partial charge in [0.25, 0.3) is 0 Å². The van der Waals surface area contributed by atoms with Crippen LogP contribution in [0.1, 0.15) is 43.2 Å². The van der Waals surface area contributed by atoms with Gasteiger partial charge in [0, 0.05) is 24.5 Å². The van der Waals surface area contributed by atoms with Gasteiger partial charge in [-0.15, -0.1) is 0 Å². The number of hydrogen-bond donors (Lipinski definition) is 3. The number of carboxylic acids is 1. The highest BCUT2D eigenvalue weighted by molar-refractivity contribution is 5.89. The second kappa shape index (κ2) is 9.85. The molecule has 0 bridgehead atoms. The first kappa shape index (κ1) is 23.8. The fourth-order valence-electron chi connectivity index (χ4n) is 4.79. The van der Waals surface area contributed by atoms with E-state index < -0.39 is 36.0 Å². The zero-order chi connectivity index (χ0) is 24.3. The number of alkyl carbamates (subject to hydrolysis) is 1. The molecule has 1 saturated heterocycles. The van der Waals surface area contributed by atoms with Crippen LogP contribution >= 0.6 is 0 Å². The number of amides is 2. The van der Waals surface area contributed by atoms with Crippen LogP contribution in [0, 0.1) is 0 Å². The lowest BCUT2D eigenvalue weighted by Gasteiger charge is -2.39. The predicted octanol–water partition coefficient (Wildman–Crippen LogP) is 2.97. The second-order valence-electron chi connectivity index (χ2n) is 9.47. The SMILES string of the molecule is CN1CCC(C)(NC(=O)C(CC(=O)O)NC(=O)OCC2c3ccccc3-c3ccccc32)CC1. The molecule has 0 aromatic heterocycles. The Bertz CT molecular complexity index is 1030. The average molecular weight is 466 g/mol. The topological polar surface area (TPSA) is 108 Å². The van der Waals surface area contributed by atoms with Crippen LogP contribution in [0.2, 0.25) is 0 Å². The summed E-state index contributed by atoms with van der Waals surface area (Å²) in [6, 6.07) is 14.8. The van der Waals surface area contributed by atoms with Crippen molar-refractivity contribution in [3.8, 4) is 11.1 Å². The molecule has 0 spiro atoms. The molecular formula is C26H31N3O5. The molecule has 2 aromatic carbocycles. The molecule has 1 atom stereocenters. The molecule has 2 aromatic rings. The Hall–Kier alpha value is -3.39. The second-order valence-corrected chi connectivity index (χ2v) is 9.47. The number of nitrogens with zero attached hydrogens (tertiary/aromatic N) is 1. The summed E-state index contributed by atoms with van der Waals surface area (Å²) < 4.78 is 5.50. The van der Waals surface area contributed by atoms with Crippen molar-refractivity contribution in [1.29, 1.82) is 0 Å². The summed E-state index contributed by atoms with van der Waals surface area (Å²) in [5.41, 5.74) is 3.93. The largest absolute Gasteiger partial charge is 0.481 e. The maximum atomic E-state index is 12.9. The fraction of sp³-hybridized carbons (Fsp3) is 0.423. The van der Waals surface area contributed by atoms with E-state index in [2.05, 4.69) is 15.5 Å². The molecule has 1 heterocycles. The molecule has 2 amide bonds. The minimum absolute atomic E-state index is 0.0886. The van der Waals surface area contributed by atoms with Gasteiger partial charge in [0.05, 0.1) is 6.42 Å². The van der Waals surface area contributed by atoms with Gasteiger partial charge >= 0.3 is 12.1 Å². The van der Waals surface area contributed by atoms with E-state index in [1.807, 2.05) is 62.5 Å². The molecule has 2 aliphatic rings. The summed E-state index contributed by atoms with van der Waals surface area (Å²) in [7, 11) is 2.02. The summed E-state index contributed by atoms with van der Waals surface area (Å²) in [4.78, 5) is 39.1. The van der Waals surface area contributed by atoms with Crippen LogP contribution in [0.25, 0.3) is 11.1 Å². The van der Waals surface area contributed by atoms with Crippen LogP contribution in [0.4, 0.5) is 4.79 Å². The van der Waals surface area contributed by atoms with E-state index in [4.69, 9.17) is 4.74 Å². The third kappa shape index (κ3) is 5.22. The third-order valence-electron chi connectivity index (χ3n) is 6.85. The quantitative estimate of drug-likeness (QED) is 0.580. The summed E-state index contributed by atoms with van der Waals surface area (Å²) in [5, 5.41) is 14.7. The fourth-order valence-corrected chi connectivity index (χ4v) is 4.79. The molecule has 3 N–H and O–H groups in total. The van der Waals surface area contributed by atoms with E-state index in [1.165, 1.54) is 0 Å². The molecular weight excluding hydrogens is 434 g/mol. The highest BCUT2D eigenvalue weighted by Crippen LogP contribution is 2.44. The lowest BCUT2D eigenvalue weighted by atomic mass is 9.89. The van der Waals surface area contributed by atoms with Gasteiger partial charge in [-0.3, -0.25) is 9.59 Å². The number of ether oxygens (including phenoxy) is 1. The number of piperidine rings is 1. The van der Waals surface area contributed by atoms with E-state index >= 15 is 0 Å². The Morgan fingerprint density at radius 1 is 1.06 bits per heavy atom. The first-order chi connectivity index (χ1) is 16.3. The molecule has 180 valence electrons. The molecule has 8 heteroatoms. The van der Waals surface area contributed by atoms with E-state index in [0.29, 0.717) is 0 Å². The Morgan fingerprint density at radius 3 is 2.18 bits per heavy atom. The Kier molecular flexibility index (Phi) is 6.88. The third-order valence-corrected chi connectivity index (χ3v) is 6.85. The van der Waals surface area contributed by atoms with Crippen molar-refractivity contribution in [2.24, 2.45) is 0 Å². The van der Waals surface area contributed by atoms with Crippen LogP contribution in [-0.4, -0.2) is 66.3 Å². The van der Waals surface area contributed by atoms with Gasteiger partial charge in [-0.05, 0) is 49.1 Å². The van der Waals surface area contributed by atoms with Crippen LogP contribution in [0.3, 0.4) is 0 Å². The highest BCUT2D eigenvalue weighted by Gasteiger charge is 2.34. The average Bonchev–Trinajstić information content (AvgIpc) is 3.13. The van der Waals surface area contributed by atoms with Crippen LogP contribution in [0.5, 0.6) is 0 Å². The number of hydrogen-bond acceptors (Lipinski definition) is 5. The number of benzene rings is 2. The lowest BCUT2D eigenvalue weighted by Crippen LogP contribution is -2.58. The summed E-state index contributed by atoms with van der Waals surface area (Å²) in [6.07, 6.45) is 0.170. The minimum atomic E-state index is -1.22. The number of nitrogens with one attached hydrogen (secondary N) is 2. The number of likely N-dealkylation sites (tertiary alicyclic amines) is 1. The monoisotopic (exact) mass is 465 g/mol. The van der Waals surface area contributed by atoms with Gasteiger partial charge in [-0.25, -0.2) is 4.79 Å². The Morgan fingerprint density at radius 2 is 1.62 bits per heavy atom. The van der Waals surface area contributed by atoms with E-state index in [-0.39, 0.29) is 12.5 Å². The van der Waals surface area contributed by atoms with Crippen molar-refractivity contribution in [1.82, 2.24) is 15.5 Å². The lowest BCUT2D eigenvalue weighted by molar-refractivity contribution is -0.140. The van der Waals surface area contributed by atoms with Gasteiger partial charge in [-0.1, -0.05) is 48.5 Å². The number of carbonyl (C=O) groups is 3. The van der Waals surface area contributed by atoms with Crippen molar-refractivity contribution in [3.05, 3.63) is 59.7 Å². The first-order valence-electron chi connectivity index (χ1n) is 11.6. The molecule has 0 saturated carbocycles. The van der Waals surface area contributed by atoms with Crippen molar-refractivity contribution >= 4 is 18.0 Å². The molecule has 34 heavy (non-hydrogen) atoms. The zero-order valence-electron chi connectivity index (χ0n) is 19.5. The Labute approximate surface area is 199 Å². The molecule has 1 aliphatic carbocycles. The molecule has 1 fully saturated rings. The maximum Gasteiger partial charge on any atom is 0.407 e. The van der Waals surface area contributed by atoms with E-state index in [9.17, 15) is 19.5 Å². The van der Waals surface area contributed by atoms with E-state index in [1.54, 1.807) is 0 Å². The van der Waals surface area contributed by atoms with E-state index in [0.717, 1.165) is 48.2 Å². The van der Waals surface area contributed by atoms with Crippen molar-refractivity contribution < 1.29 is 24.2 Å². The number of aliphatic carboxylic acids is 1. The van der Waals surface area contributed by atoms with Gasteiger partial charge < -0.3 is 25.4 Å². The van der Waals surface area contributed by atoms with Gasteiger partial charge in [-0.2, -0.15) is 0 Å². The number of carbonyl (C=O) groups excluding carboxylic acids is 2. The van der Waals surface area contributed by atoms with Gasteiger partial charge in [0.15, 0.2) is 0 Å². The molecule has 8 nitrogen and oxygen atoms in total. The Balaban J connectivity index is 1.40. The minimum Gasteiger partial charge on any atom is -0.481 e. The normalized spacial score (nSPS) is 17.8. The van der Waals surface area contributed by atoms with Crippen LogP contribution in [0.15, 0.2) is 48.5 Å². The number of rotatable bonds is 7. The van der Waals surface area contributed by atoms with Gasteiger partial charge in [0.2, 0.25) is 5.91 Å². The summed E-state index contributed by atoms with van der Waals surface area (Å²) >= 11 is 0. The smallest absolute Gasteiger partial charge is 0.407 e. The van der Waals surface area contributed by atoms with Crippen LogP contribution < -0.4 is 10.6 Å². The van der Waals surface area contributed by atoms with Crippen LogP contribution in [-0.2, 0) is 14.3 Å². The molecule has 1 aliphatic heterocycles. The predicted molar refractivity (Wildman–Crippen MR) is 128 cm³/mol. The van der Waals surface area contributed by atoms with Crippen molar-refractivity contribution in [3.63, 3.8) is 0 Å². The molecule has 1 unspecified atom stereocenters. The zero-order valence-corrected chi connectivity index (χ0v) is 19.5. The van der Waals surface area contributed by atoms with Gasteiger partial charge in [0.1, 0.15) is 12.6 Å². The summed E-state index contributed by atoms with van der Waals surface area (Å²) in [6.45, 7) is 3.70. The van der Waals surface area contributed by atoms with Crippen molar-refractivity contribution in [2.75, 3.05) is 26.7 Å². The van der Waals surface area contributed by atoms with Crippen molar-refractivity contribution in [2.45, 2.75) is 43.7 Å². The number of carboxylic acid groups (broad SMARTS) is 1. The first-order valence-corrected chi connectivity index (χ1v) is 11.6.